The van der Waals surface area contributed by atoms with Gasteiger partial charge in [-0.3, -0.25) is 9.10 Å². The van der Waals surface area contributed by atoms with E-state index in [1.54, 1.807) is 24.3 Å². The number of rotatable bonds is 10. The van der Waals surface area contributed by atoms with Crippen molar-refractivity contribution in [3.8, 4) is 11.5 Å². The van der Waals surface area contributed by atoms with Crippen LogP contribution in [0.4, 0.5) is 11.4 Å². The molecule has 0 aromatic heterocycles. The Morgan fingerprint density at radius 2 is 1.82 bits per heavy atom. The molecule has 0 radical (unpaired) electrons. The molecule has 2 aromatic carbocycles. The van der Waals surface area contributed by atoms with Gasteiger partial charge in [0, 0.05) is 37.8 Å². The number of nitrogens with one attached hydrogen (secondary N) is 1. The van der Waals surface area contributed by atoms with Gasteiger partial charge in [-0.2, -0.15) is 0 Å². The van der Waals surface area contributed by atoms with Crippen LogP contribution in [0.2, 0.25) is 0 Å². The highest BCUT2D eigenvalue weighted by atomic mass is 32.2. The Balaban J connectivity index is 1.48. The van der Waals surface area contributed by atoms with Gasteiger partial charge in [0.15, 0.2) is 0 Å². The van der Waals surface area contributed by atoms with Gasteiger partial charge in [-0.15, -0.1) is 0 Å². The highest BCUT2D eigenvalue weighted by Gasteiger charge is 2.19. The van der Waals surface area contributed by atoms with Crippen molar-refractivity contribution in [3.05, 3.63) is 48.5 Å². The number of benzene rings is 2. The molecule has 0 atom stereocenters. The van der Waals surface area contributed by atoms with E-state index in [2.05, 4.69) is 17.3 Å². The maximum atomic E-state index is 12.4. The summed E-state index contributed by atoms with van der Waals surface area (Å²) >= 11 is 0. The smallest absolute Gasteiger partial charge is 0.232 e. The van der Waals surface area contributed by atoms with Crippen LogP contribution in [0.3, 0.4) is 0 Å². The monoisotopic (exact) mass is 475 g/mol. The topological polar surface area (TPSA) is 88.2 Å². The van der Waals surface area contributed by atoms with E-state index in [4.69, 9.17) is 9.47 Å². The number of sulfonamides is 1. The summed E-state index contributed by atoms with van der Waals surface area (Å²) in [5.41, 5.74) is 1.20. The first-order valence-corrected chi connectivity index (χ1v) is 13.0. The number of amides is 1. The van der Waals surface area contributed by atoms with Gasteiger partial charge >= 0.3 is 0 Å². The third-order valence-electron chi connectivity index (χ3n) is 5.61. The number of carbonyl (C=O) groups is 1. The number of hydrogen-bond acceptors (Lipinski definition) is 6. The highest BCUT2D eigenvalue weighted by molar-refractivity contribution is 7.92. The van der Waals surface area contributed by atoms with E-state index >= 15 is 0 Å². The highest BCUT2D eigenvalue weighted by Crippen LogP contribution is 2.24. The molecule has 1 heterocycles. The molecule has 2 aromatic rings. The summed E-state index contributed by atoms with van der Waals surface area (Å²) in [5, 5.41) is 2.86. The Morgan fingerprint density at radius 1 is 1.12 bits per heavy atom. The van der Waals surface area contributed by atoms with E-state index in [9.17, 15) is 13.2 Å². The summed E-state index contributed by atoms with van der Waals surface area (Å²) in [6.07, 6.45) is 3.98. The van der Waals surface area contributed by atoms with Crippen molar-refractivity contribution in [1.82, 2.24) is 4.90 Å². The Kier molecular flexibility index (Phi) is 8.57. The molecule has 180 valence electrons. The van der Waals surface area contributed by atoms with Gasteiger partial charge in [0.05, 0.1) is 19.1 Å². The zero-order chi connectivity index (χ0) is 23.8. The Hall–Kier alpha value is -2.78. The zero-order valence-electron chi connectivity index (χ0n) is 19.5. The third kappa shape index (κ3) is 7.64. The number of nitrogens with zero attached hydrogens (tertiary/aromatic N) is 2. The van der Waals surface area contributed by atoms with Crippen molar-refractivity contribution in [2.75, 3.05) is 49.7 Å². The first-order chi connectivity index (χ1) is 15.7. The van der Waals surface area contributed by atoms with Crippen LogP contribution in [-0.2, 0) is 14.8 Å². The summed E-state index contributed by atoms with van der Waals surface area (Å²) < 4.78 is 37.0. The van der Waals surface area contributed by atoms with Gasteiger partial charge in [0.1, 0.15) is 17.6 Å². The zero-order valence-corrected chi connectivity index (χ0v) is 20.3. The first-order valence-electron chi connectivity index (χ1n) is 11.1. The van der Waals surface area contributed by atoms with Crippen LogP contribution in [-0.4, -0.2) is 65.4 Å². The van der Waals surface area contributed by atoms with Gasteiger partial charge in [0.25, 0.3) is 0 Å². The fraction of sp³-hybridized carbons (Fsp3) is 0.458. The molecule has 0 spiro atoms. The van der Waals surface area contributed by atoms with E-state index in [0.717, 1.165) is 37.9 Å². The summed E-state index contributed by atoms with van der Waals surface area (Å²) in [4.78, 5) is 14.7. The minimum atomic E-state index is -3.49. The quantitative estimate of drug-likeness (QED) is 0.567. The number of hydrogen-bond donors (Lipinski definition) is 1. The molecule has 1 saturated heterocycles. The number of anilines is 2. The molecule has 8 nitrogen and oxygen atoms in total. The maximum absolute atomic E-state index is 12.4. The Labute approximate surface area is 196 Å². The van der Waals surface area contributed by atoms with Gasteiger partial charge in [0.2, 0.25) is 15.9 Å². The molecule has 9 heteroatoms. The van der Waals surface area contributed by atoms with Crippen molar-refractivity contribution in [3.63, 3.8) is 0 Å². The van der Waals surface area contributed by atoms with Crippen molar-refractivity contribution in [2.45, 2.75) is 31.8 Å². The molecular formula is C24H33N3O5S. The predicted molar refractivity (Wildman–Crippen MR) is 131 cm³/mol. The average molecular weight is 476 g/mol. The minimum Gasteiger partial charge on any atom is -0.497 e. The lowest BCUT2D eigenvalue weighted by molar-refractivity contribution is -0.116. The number of methoxy groups -OCH3 is 1. The number of ether oxygens (including phenoxy) is 2. The molecular weight excluding hydrogens is 442 g/mol. The average Bonchev–Trinajstić information content (AvgIpc) is 2.79. The van der Waals surface area contributed by atoms with Gasteiger partial charge < -0.3 is 19.7 Å². The lowest BCUT2D eigenvalue weighted by atomic mass is 10.1. The van der Waals surface area contributed by atoms with E-state index in [1.165, 1.54) is 11.4 Å². The van der Waals surface area contributed by atoms with Crippen LogP contribution in [0.1, 0.15) is 25.7 Å². The van der Waals surface area contributed by atoms with Crippen molar-refractivity contribution in [2.24, 2.45) is 0 Å². The van der Waals surface area contributed by atoms with E-state index in [1.807, 2.05) is 24.3 Å². The van der Waals surface area contributed by atoms with Crippen LogP contribution in [0, 0.1) is 0 Å². The molecule has 0 bridgehead atoms. The molecule has 1 fully saturated rings. The normalized spacial score (nSPS) is 15.1. The maximum Gasteiger partial charge on any atom is 0.232 e. The van der Waals surface area contributed by atoms with Crippen LogP contribution in [0.15, 0.2) is 48.5 Å². The number of piperidine rings is 1. The van der Waals surface area contributed by atoms with Gasteiger partial charge in [-0.05, 0) is 62.7 Å². The lowest BCUT2D eigenvalue weighted by Crippen LogP contribution is -2.35. The molecule has 33 heavy (non-hydrogen) atoms. The van der Waals surface area contributed by atoms with E-state index in [-0.39, 0.29) is 25.0 Å². The Morgan fingerprint density at radius 3 is 2.45 bits per heavy atom. The molecule has 1 amide bonds. The second kappa shape index (κ2) is 11.4. The fourth-order valence-corrected chi connectivity index (χ4v) is 4.73. The van der Waals surface area contributed by atoms with Gasteiger partial charge in [-0.25, -0.2) is 8.42 Å². The SMILES string of the molecule is COc1cccc(N(CCCC(=O)Nc2ccc(OC3CCN(C)CC3)cc2)S(C)(=O)=O)c1. The summed E-state index contributed by atoms with van der Waals surface area (Å²) in [7, 11) is 0.155. The molecule has 1 N–H and O–H groups in total. The second-order valence-electron chi connectivity index (χ2n) is 8.33. The number of carbonyl (C=O) groups excluding carboxylic acids is 1. The Bertz CT molecular complexity index is 1020. The summed E-state index contributed by atoms with van der Waals surface area (Å²) in [6.45, 7) is 2.27. The summed E-state index contributed by atoms with van der Waals surface area (Å²) in [6, 6.07) is 14.2. The molecule has 1 aliphatic rings. The third-order valence-corrected chi connectivity index (χ3v) is 6.81. The standard InChI is InChI=1S/C24H33N3O5S/c1-26-16-13-22(14-17-26)32-21-11-9-19(10-12-21)25-24(28)8-5-15-27(33(3,29)30)20-6-4-7-23(18-20)31-2/h4,6-7,9-12,18,22H,5,8,13-17H2,1-3H3,(H,25,28). The number of likely N-dealkylation sites (tertiary alicyclic amines) is 1. The van der Waals surface area contributed by atoms with E-state index < -0.39 is 10.0 Å². The lowest BCUT2D eigenvalue weighted by Gasteiger charge is -2.29. The molecule has 1 aliphatic heterocycles. The molecule has 0 aliphatic carbocycles. The second-order valence-corrected chi connectivity index (χ2v) is 10.2. The summed E-state index contributed by atoms with van der Waals surface area (Å²) in [5.74, 6) is 1.20. The first kappa shape index (κ1) is 24.9. The van der Waals surface area contributed by atoms with Crippen LogP contribution in [0.5, 0.6) is 11.5 Å². The fourth-order valence-electron chi connectivity index (χ4n) is 3.77. The van der Waals surface area contributed by atoms with Gasteiger partial charge in [-0.1, -0.05) is 6.07 Å². The molecule has 0 saturated carbocycles. The van der Waals surface area contributed by atoms with Crippen LogP contribution >= 0.6 is 0 Å². The molecule has 3 rings (SSSR count). The largest absolute Gasteiger partial charge is 0.497 e. The van der Waals surface area contributed by atoms with E-state index in [0.29, 0.717) is 23.5 Å². The van der Waals surface area contributed by atoms with Crippen LogP contribution < -0.4 is 19.1 Å². The van der Waals surface area contributed by atoms with Crippen molar-refractivity contribution >= 4 is 27.3 Å². The minimum absolute atomic E-state index is 0.168. The molecule has 0 unspecified atom stereocenters. The van der Waals surface area contributed by atoms with Crippen LogP contribution in [0.25, 0.3) is 0 Å². The van der Waals surface area contributed by atoms with Crippen molar-refractivity contribution < 1.29 is 22.7 Å². The van der Waals surface area contributed by atoms with Crippen molar-refractivity contribution in [1.29, 1.82) is 0 Å². The predicted octanol–water partition coefficient (Wildman–Crippen LogP) is 3.35.